The Morgan fingerprint density at radius 2 is 1.02 bits per heavy atom. The predicted octanol–water partition coefficient (Wildman–Crippen LogP) is 11.1. The molecular weight excluding hydrogens is 655 g/mol. The first kappa shape index (κ1) is 36.6. The monoisotopic (exact) mass is 714 g/mol. The van der Waals surface area contributed by atoms with E-state index in [0.29, 0.717) is 0 Å². The SMILES string of the molecule is Cc1nc2c3c(n1)N(c1ccc4c(c1)C(C)(C)CCC4(C)C)c1cc(C(C)(C)C)ccc1B3c1cc(C(C)(C)C)ccc1N2c1ccc(C(C)(C)C)cc1. The molecule has 0 N–H and O–H groups in total. The summed E-state index contributed by atoms with van der Waals surface area (Å²) >= 11 is 0. The fourth-order valence-electron chi connectivity index (χ4n) is 9.11. The highest BCUT2D eigenvalue weighted by Crippen LogP contribution is 2.49. The number of hydrogen-bond acceptors (Lipinski definition) is 4. The van der Waals surface area contributed by atoms with Crippen LogP contribution in [0.3, 0.4) is 0 Å². The van der Waals surface area contributed by atoms with E-state index >= 15 is 0 Å². The topological polar surface area (TPSA) is 32.3 Å². The van der Waals surface area contributed by atoms with Crippen molar-refractivity contribution < 1.29 is 0 Å². The van der Waals surface area contributed by atoms with Crippen LogP contribution in [0.2, 0.25) is 0 Å². The maximum atomic E-state index is 5.44. The summed E-state index contributed by atoms with van der Waals surface area (Å²) in [7, 11) is 0. The van der Waals surface area contributed by atoms with E-state index in [1.54, 1.807) is 0 Å². The average molecular weight is 715 g/mol. The van der Waals surface area contributed by atoms with Gasteiger partial charge in [0.05, 0.1) is 0 Å². The van der Waals surface area contributed by atoms with Crippen molar-refractivity contribution in [2.45, 2.75) is 137 Å². The molecule has 0 fully saturated rings. The Morgan fingerprint density at radius 3 is 1.61 bits per heavy atom. The van der Waals surface area contributed by atoms with Crippen LogP contribution in [0.1, 0.15) is 136 Å². The number of fused-ring (bicyclic) bond motifs is 5. The molecule has 4 nitrogen and oxygen atoms in total. The van der Waals surface area contributed by atoms with E-state index in [1.165, 1.54) is 74.1 Å². The molecule has 0 spiro atoms. The Labute approximate surface area is 325 Å². The minimum absolute atomic E-state index is 0.00949. The summed E-state index contributed by atoms with van der Waals surface area (Å²) in [4.78, 5) is 15.7. The maximum Gasteiger partial charge on any atom is 0.256 e. The van der Waals surface area contributed by atoms with Crippen LogP contribution in [0.25, 0.3) is 0 Å². The summed E-state index contributed by atoms with van der Waals surface area (Å²) in [5.41, 5.74) is 15.6. The molecule has 5 heteroatoms. The highest BCUT2D eigenvalue weighted by atomic mass is 15.3. The van der Waals surface area contributed by atoms with Gasteiger partial charge in [0.15, 0.2) is 0 Å². The molecule has 0 amide bonds. The fourth-order valence-corrected chi connectivity index (χ4v) is 9.11. The lowest BCUT2D eigenvalue weighted by Gasteiger charge is -2.45. The van der Waals surface area contributed by atoms with Gasteiger partial charge in [0.1, 0.15) is 17.5 Å². The first-order valence-corrected chi connectivity index (χ1v) is 20.1. The second-order valence-electron chi connectivity index (χ2n) is 20.8. The van der Waals surface area contributed by atoms with Crippen LogP contribution in [0.5, 0.6) is 0 Å². The molecular formula is C49H59BN4. The number of rotatable bonds is 2. The normalized spacial score (nSPS) is 17.1. The lowest BCUT2D eigenvalue weighted by Crippen LogP contribution is -2.62. The molecule has 4 aromatic carbocycles. The summed E-state index contributed by atoms with van der Waals surface area (Å²) in [5, 5.41) is 0. The number of benzene rings is 4. The van der Waals surface area contributed by atoms with Crippen molar-refractivity contribution in [3.63, 3.8) is 0 Å². The van der Waals surface area contributed by atoms with E-state index in [2.05, 4.69) is 186 Å². The molecule has 0 bridgehead atoms. The molecule has 5 aromatic rings. The van der Waals surface area contributed by atoms with Crippen LogP contribution in [-0.4, -0.2) is 16.7 Å². The molecule has 0 radical (unpaired) electrons. The third-order valence-electron chi connectivity index (χ3n) is 12.7. The van der Waals surface area contributed by atoms with E-state index in [9.17, 15) is 0 Å². The number of anilines is 6. The molecule has 0 saturated heterocycles. The highest BCUT2D eigenvalue weighted by molar-refractivity contribution is 7.00. The molecule has 54 heavy (non-hydrogen) atoms. The van der Waals surface area contributed by atoms with Crippen molar-refractivity contribution in [1.29, 1.82) is 0 Å². The molecule has 0 unspecified atom stereocenters. The Morgan fingerprint density at radius 1 is 0.519 bits per heavy atom. The zero-order valence-corrected chi connectivity index (χ0v) is 35.3. The van der Waals surface area contributed by atoms with Gasteiger partial charge in [-0.05, 0) is 122 Å². The lowest BCUT2D eigenvalue weighted by molar-refractivity contribution is 0.332. The van der Waals surface area contributed by atoms with Gasteiger partial charge in [0.25, 0.3) is 6.71 Å². The molecule has 2 aliphatic heterocycles. The van der Waals surface area contributed by atoms with E-state index in [4.69, 9.17) is 9.97 Å². The molecule has 3 heterocycles. The first-order valence-electron chi connectivity index (χ1n) is 20.1. The highest BCUT2D eigenvalue weighted by Gasteiger charge is 2.46. The zero-order valence-electron chi connectivity index (χ0n) is 35.3. The van der Waals surface area contributed by atoms with Crippen molar-refractivity contribution in [2.75, 3.05) is 9.80 Å². The van der Waals surface area contributed by atoms with E-state index < -0.39 is 0 Å². The molecule has 0 atom stereocenters. The van der Waals surface area contributed by atoms with Gasteiger partial charge in [0.2, 0.25) is 0 Å². The fraction of sp³-hybridized carbons (Fsp3) is 0.429. The van der Waals surface area contributed by atoms with Crippen LogP contribution in [-0.2, 0) is 27.1 Å². The number of aryl methyl sites for hydroxylation is 1. The summed E-state index contributed by atoms with van der Waals surface area (Å²) in [5.74, 6) is 2.72. The second kappa shape index (κ2) is 11.8. The molecule has 8 rings (SSSR count). The molecule has 278 valence electrons. The van der Waals surface area contributed by atoms with Crippen molar-refractivity contribution >= 4 is 57.5 Å². The number of aromatic nitrogens is 2. The van der Waals surface area contributed by atoms with Gasteiger partial charge in [-0.25, -0.2) is 9.97 Å². The van der Waals surface area contributed by atoms with Crippen LogP contribution in [0.15, 0.2) is 78.9 Å². The summed E-state index contributed by atoms with van der Waals surface area (Å²) in [6, 6.07) is 30.8. The first-order chi connectivity index (χ1) is 25.1. The smallest absolute Gasteiger partial charge is 0.256 e. The number of nitrogens with zero attached hydrogens (tertiary/aromatic N) is 4. The lowest BCUT2D eigenvalue weighted by atomic mass is 9.34. The van der Waals surface area contributed by atoms with Crippen LogP contribution in [0, 0.1) is 6.92 Å². The van der Waals surface area contributed by atoms with Gasteiger partial charge in [-0.15, -0.1) is 0 Å². The van der Waals surface area contributed by atoms with Gasteiger partial charge >= 0.3 is 0 Å². The van der Waals surface area contributed by atoms with E-state index in [-0.39, 0.29) is 33.8 Å². The Balaban J connectivity index is 1.46. The summed E-state index contributed by atoms with van der Waals surface area (Å²) < 4.78 is 0. The molecule has 0 saturated carbocycles. The van der Waals surface area contributed by atoms with Gasteiger partial charge in [-0.3, -0.25) is 9.80 Å². The van der Waals surface area contributed by atoms with E-state index in [0.717, 1.165) is 23.1 Å². The summed E-state index contributed by atoms with van der Waals surface area (Å²) in [6.07, 6.45) is 2.36. The van der Waals surface area contributed by atoms with E-state index in [1.807, 2.05) is 0 Å². The second-order valence-corrected chi connectivity index (χ2v) is 20.8. The average Bonchev–Trinajstić information content (AvgIpc) is 3.08. The third-order valence-corrected chi connectivity index (χ3v) is 12.7. The quantitative estimate of drug-likeness (QED) is 0.167. The van der Waals surface area contributed by atoms with Crippen molar-refractivity contribution in [3.05, 3.63) is 113 Å². The molecule has 1 aliphatic carbocycles. The van der Waals surface area contributed by atoms with Gasteiger partial charge in [-0.1, -0.05) is 132 Å². The van der Waals surface area contributed by atoms with Crippen LogP contribution < -0.4 is 26.2 Å². The standard InChI is InChI=1S/C49H59BN4/c1-30-51-43-42-44(52-30)54(35-21-22-36-37(29-35)49(13,14)26-25-48(36,11)12)41-28-33(47(8,9)10)17-23-38(41)50(42)39-27-32(46(5,6)7)18-24-40(39)53(43)34-19-15-31(16-20-34)45(2,3)4/h15-24,27-29H,25-26H2,1-14H3. The molecule has 1 aromatic heterocycles. The zero-order chi connectivity index (χ0) is 38.9. The van der Waals surface area contributed by atoms with Crippen LogP contribution >= 0.6 is 0 Å². The molecule has 3 aliphatic rings. The Bertz CT molecular complexity index is 2310. The predicted molar refractivity (Wildman–Crippen MR) is 232 cm³/mol. The van der Waals surface area contributed by atoms with Gasteiger partial charge in [-0.2, -0.15) is 0 Å². The minimum atomic E-state index is -0.0220. The van der Waals surface area contributed by atoms with Crippen LogP contribution in [0.4, 0.5) is 34.4 Å². The maximum absolute atomic E-state index is 5.44. The van der Waals surface area contributed by atoms with Gasteiger partial charge < -0.3 is 0 Å². The van der Waals surface area contributed by atoms with Crippen molar-refractivity contribution in [3.8, 4) is 0 Å². The van der Waals surface area contributed by atoms with Gasteiger partial charge in [0, 0.05) is 28.2 Å². The van der Waals surface area contributed by atoms with Crippen molar-refractivity contribution in [2.24, 2.45) is 0 Å². The number of hydrogen-bond donors (Lipinski definition) is 0. The Hall–Kier alpha value is -4.38. The largest absolute Gasteiger partial charge is 0.296 e. The third kappa shape index (κ3) is 5.80. The van der Waals surface area contributed by atoms with Crippen molar-refractivity contribution in [1.82, 2.24) is 9.97 Å². The Kier molecular flexibility index (Phi) is 8.00. The summed E-state index contributed by atoms with van der Waals surface area (Å²) in [6.45, 7) is 32.4. The minimum Gasteiger partial charge on any atom is -0.296 e.